The van der Waals surface area contributed by atoms with E-state index >= 15 is 0 Å². The van der Waals surface area contributed by atoms with E-state index in [1.165, 1.54) is 6.08 Å². The minimum absolute atomic E-state index is 0.0589. The number of Topliss-reactive ketones (excluding diaryl/α,β-unsaturated/α-hetero) is 1. The largest absolute Gasteiger partial charge is 0.289 e. The Morgan fingerprint density at radius 3 is 2.11 bits per heavy atom. The first-order valence-electron chi connectivity index (χ1n) is 6.18. The lowest BCUT2D eigenvalue weighted by Gasteiger charge is -2.18. The molecule has 2 nitrogen and oxygen atoms in total. The van der Waals surface area contributed by atoms with Crippen LogP contribution in [0.15, 0.2) is 72.4 Å². The fourth-order valence-electron chi connectivity index (χ4n) is 2.35. The van der Waals surface area contributed by atoms with Gasteiger partial charge in [-0.1, -0.05) is 60.7 Å². The second kappa shape index (κ2) is 4.65. The standard InChI is InChI=1S/C17H12O2/c18-16-11-15(12-7-3-1-2-4-8-12)17(19)14-10-6-5-9-13(14)16/h1-12H. The zero-order valence-corrected chi connectivity index (χ0v) is 10.2. The molecule has 2 heteroatoms. The van der Waals surface area contributed by atoms with Crippen LogP contribution in [0.25, 0.3) is 0 Å². The van der Waals surface area contributed by atoms with Gasteiger partial charge in [-0.15, -0.1) is 0 Å². The summed E-state index contributed by atoms with van der Waals surface area (Å²) in [6.07, 6.45) is 12.9. The van der Waals surface area contributed by atoms with Crippen LogP contribution in [0.2, 0.25) is 0 Å². The van der Waals surface area contributed by atoms with Crippen molar-refractivity contribution in [1.29, 1.82) is 0 Å². The third-order valence-electron chi connectivity index (χ3n) is 3.32. The van der Waals surface area contributed by atoms with Crippen molar-refractivity contribution in [2.24, 2.45) is 5.92 Å². The van der Waals surface area contributed by atoms with Crippen LogP contribution in [-0.2, 0) is 0 Å². The Labute approximate surface area is 111 Å². The van der Waals surface area contributed by atoms with Crippen LogP contribution in [0.4, 0.5) is 0 Å². The van der Waals surface area contributed by atoms with E-state index in [0.29, 0.717) is 16.7 Å². The lowest BCUT2D eigenvalue weighted by Crippen LogP contribution is -2.20. The number of rotatable bonds is 1. The Hall–Kier alpha value is -2.48. The van der Waals surface area contributed by atoms with Gasteiger partial charge in [-0.3, -0.25) is 9.59 Å². The van der Waals surface area contributed by atoms with Gasteiger partial charge in [0.05, 0.1) is 0 Å². The molecule has 0 fully saturated rings. The predicted octanol–water partition coefficient (Wildman–Crippen LogP) is 3.29. The summed E-state index contributed by atoms with van der Waals surface area (Å²) in [6, 6.07) is 6.97. The fraction of sp³-hybridized carbons (Fsp3) is 0.0588. The molecule has 1 aromatic rings. The van der Waals surface area contributed by atoms with E-state index in [1.807, 2.05) is 36.5 Å². The van der Waals surface area contributed by atoms with Crippen molar-refractivity contribution in [3.63, 3.8) is 0 Å². The molecule has 0 aromatic heterocycles. The van der Waals surface area contributed by atoms with Crippen LogP contribution >= 0.6 is 0 Å². The normalized spacial score (nSPS) is 18.2. The number of hydrogen-bond donors (Lipinski definition) is 0. The van der Waals surface area contributed by atoms with Crippen LogP contribution < -0.4 is 0 Å². The number of carbonyl (C=O) groups is 2. The van der Waals surface area contributed by atoms with E-state index in [9.17, 15) is 9.59 Å². The Morgan fingerprint density at radius 1 is 0.789 bits per heavy atom. The molecular weight excluding hydrogens is 236 g/mol. The highest BCUT2D eigenvalue weighted by atomic mass is 16.1. The summed E-state index contributed by atoms with van der Waals surface area (Å²) >= 11 is 0. The molecule has 0 amide bonds. The van der Waals surface area contributed by atoms with Gasteiger partial charge in [-0.25, -0.2) is 0 Å². The van der Waals surface area contributed by atoms with Gasteiger partial charge in [0.15, 0.2) is 11.6 Å². The molecule has 0 heterocycles. The highest BCUT2D eigenvalue weighted by Gasteiger charge is 2.27. The number of fused-ring (bicyclic) bond motifs is 1. The maximum atomic E-state index is 12.5. The molecule has 0 aliphatic heterocycles. The SMILES string of the molecule is O=C1C=C(C2C=CC=CC=C2)C(=O)c2ccccc21. The first-order valence-corrected chi connectivity index (χ1v) is 6.18. The maximum absolute atomic E-state index is 12.5. The second-order valence-electron chi connectivity index (χ2n) is 4.52. The molecular formula is C17H12O2. The lowest BCUT2D eigenvalue weighted by molar-refractivity contribution is 0.0979. The van der Waals surface area contributed by atoms with Gasteiger partial charge in [0.2, 0.25) is 0 Å². The van der Waals surface area contributed by atoms with Gasteiger partial charge in [0.1, 0.15) is 0 Å². The molecule has 0 N–H and O–H groups in total. The average molecular weight is 248 g/mol. The molecule has 2 aliphatic carbocycles. The van der Waals surface area contributed by atoms with Crippen molar-refractivity contribution >= 4 is 11.6 Å². The zero-order valence-electron chi connectivity index (χ0n) is 10.2. The van der Waals surface area contributed by atoms with Gasteiger partial charge in [0, 0.05) is 22.6 Å². The predicted molar refractivity (Wildman–Crippen MR) is 74.1 cm³/mol. The average Bonchev–Trinajstić information content (AvgIpc) is 2.72. The Balaban J connectivity index is 2.06. The van der Waals surface area contributed by atoms with E-state index in [2.05, 4.69) is 0 Å². The first kappa shape index (κ1) is 11.6. The monoisotopic (exact) mass is 248 g/mol. The van der Waals surface area contributed by atoms with Crippen molar-refractivity contribution < 1.29 is 9.59 Å². The van der Waals surface area contributed by atoms with Gasteiger partial charge in [-0.2, -0.15) is 0 Å². The van der Waals surface area contributed by atoms with Gasteiger partial charge in [-0.05, 0) is 6.08 Å². The quantitative estimate of drug-likeness (QED) is 0.764. The van der Waals surface area contributed by atoms with Gasteiger partial charge < -0.3 is 0 Å². The molecule has 1 aromatic carbocycles. The van der Waals surface area contributed by atoms with Crippen LogP contribution in [0.3, 0.4) is 0 Å². The summed E-state index contributed by atoms with van der Waals surface area (Å²) in [5, 5.41) is 0. The van der Waals surface area contributed by atoms with E-state index in [0.717, 1.165) is 0 Å². The lowest BCUT2D eigenvalue weighted by atomic mass is 9.83. The minimum Gasteiger partial charge on any atom is -0.289 e. The summed E-state index contributed by atoms with van der Waals surface area (Å²) < 4.78 is 0. The topological polar surface area (TPSA) is 34.1 Å². The molecule has 0 unspecified atom stereocenters. The summed E-state index contributed by atoms with van der Waals surface area (Å²) in [5.41, 5.74) is 1.54. The van der Waals surface area contributed by atoms with Crippen molar-refractivity contribution in [2.45, 2.75) is 0 Å². The number of hydrogen-bond acceptors (Lipinski definition) is 2. The smallest absolute Gasteiger partial charge is 0.190 e. The number of carbonyl (C=O) groups excluding carboxylic acids is 2. The van der Waals surface area contributed by atoms with Crippen LogP contribution in [-0.4, -0.2) is 11.6 Å². The molecule has 92 valence electrons. The molecule has 3 rings (SSSR count). The molecule has 0 bridgehead atoms. The van der Waals surface area contributed by atoms with E-state index < -0.39 is 0 Å². The Bertz CT molecular complexity index is 656. The van der Waals surface area contributed by atoms with E-state index in [1.54, 1.807) is 24.3 Å². The van der Waals surface area contributed by atoms with Crippen LogP contribution in [0.1, 0.15) is 20.7 Å². The summed E-state index contributed by atoms with van der Waals surface area (Å²) in [5.74, 6) is -0.291. The highest BCUT2D eigenvalue weighted by molar-refractivity contribution is 6.24. The molecule has 0 saturated heterocycles. The second-order valence-corrected chi connectivity index (χ2v) is 4.52. The van der Waals surface area contributed by atoms with E-state index in [-0.39, 0.29) is 17.5 Å². The van der Waals surface area contributed by atoms with Crippen LogP contribution in [0, 0.1) is 5.92 Å². The molecule has 2 aliphatic rings. The molecule has 0 atom stereocenters. The first-order chi connectivity index (χ1) is 9.27. The third kappa shape index (κ3) is 2.02. The zero-order chi connectivity index (χ0) is 13.2. The summed E-state index contributed by atoms with van der Waals surface area (Å²) in [6.45, 7) is 0. The number of allylic oxidation sites excluding steroid dienone is 8. The van der Waals surface area contributed by atoms with Crippen LogP contribution in [0.5, 0.6) is 0 Å². The van der Waals surface area contributed by atoms with Crippen molar-refractivity contribution in [3.05, 3.63) is 83.5 Å². The molecule has 19 heavy (non-hydrogen) atoms. The summed E-state index contributed by atoms with van der Waals surface area (Å²) in [7, 11) is 0. The van der Waals surface area contributed by atoms with Crippen molar-refractivity contribution in [3.8, 4) is 0 Å². The van der Waals surface area contributed by atoms with Gasteiger partial charge in [0.25, 0.3) is 0 Å². The summed E-state index contributed by atoms with van der Waals surface area (Å²) in [4.78, 5) is 24.5. The maximum Gasteiger partial charge on any atom is 0.190 e. The molecule has 0 radical (unpaired) electrons. The highest BCUT2D eigenvalue weighted by Crippen LogP contribution is 2.27. The fourth-order valence-corrected chi connectivity index (χ4v) is 2.35. The molecule has 0 spiro atoms. The molecule has 0 saturated carbocycles. The number of benzene rings is 1. The Morgan fingerprint density at radius 2 is 1.42 bits per heavy atom. The Kier molecular flexibility index (Phi) is 2.84. The van der Waals surface area contributed by atoms with Crippen molar-refractivity contribution in [2.75, 3.05) is 0 Å². The van der Waals surface area contributed by atoms with E-state index in [4.69, 9.17) is 0 Å². The third-order valence-corrected chi connectivity index (χ3v) is 3.32. The van der Waals surface area contributed by atoms with Crippen molar-refractivity contribution in [1.82, 2.24) is 0 Å². The van der Waals surface area contributed by atoms with Gasteiger partial charge >= 0.3 is 0 Å². The number of ketones is 2. The minimum atomic E-state index is -0.139.